The number of halogens is 1. The molecule has 1 aromatic carbocycles. The molecule has 0 saturated heterocycles. The fraction of sp³-hybridized carbons (Fsp3) is 0. The van der Waals surface area contributed by atoms with Gasteiger partial charge in [-0.15, -0.1) is 0 Å². The molecule has 0 N–H and O–H groups in total. The Hall–Kier alpha value is -2.33. The van der Waals surface area contributed by atoms with Crippen LogP contribution in [0.15, 0.2) is 63.6 Å². The SMILES string of the molecule is O=Cc1c(-c2cc3cc(Br)ccc3o2)cc2ccccn12. The van der Waals surface area contributed by atoms with Crippen LogP contribution in [-0.4, -0.2) is 10.7 Å². The molecule has 4 rings (SSSR count). The number of hydrogen-bond donors (Lipinski definition) is 0. The second kappa shape index (κ2) is 4.60. The van der Waals surface area contributed by atoms with Crippen molar-refractivity contribution in [1.29, 1.82) is 0 Å². The first-order chi connectivity index (χ1) is 10.3. The predicted molar refractivity (Wildman–Crippen MR) is 85.7 cm³/mol. The first-order valence-electron chi connectivity index (χ1n) is 6.51. The summed E-state index contributed by atoms with van der Waals surface area (Å²) in [5.41, 5.74) is 3.18. The van der Waals surface area contributed by atoms with Crippen molar-refractivity contribution in [3.63, 3.8) is 0 Å². The van der Waals surface area contributed by atoms with E-state index in [4.69, 9.17) is 4.42 Å². The minimum Gasteiger partial charge on any atom is -0.456 e. The highest BCUT2D eigenvalue weighted by Gasteiger charge is 2.15. The second-order valence-corrected chi connectivity index (χ2v) is 5.77. The van der Waals surface area contributed by atoms with E-state index in [1.807, 2.05) is 59.1 Å². The Labute approximate surface area is 128 Å². The molecule has 102 valence electrons. The highest BCUT2D eigenvalue weighted by atomic mass is 79.9. The molecule has 0 aliphatic carbocycles. The summed E-state index contributed by atoms with van der Waals surface area (Å²) in [6.07, 6.45) is 2.74. The van der Waals surface area contributed by atoms with Crippen molar-refractivity contribution < 1.29 is 9.21 Å². The number of carbonyl (C=O) groups is 1. The Kier molecular flexibility index (Phi) is 2.72. The topological polar surface area (TPSA) is 34.6 Å². The molecule has 0 spiro atoms. The molecule has 3 nitrogen and oxygen atoms in total. The molecule has 0 bridgehead atoms. The van der Waals surface area contributed by atoms with E-state index in [-0.39, 0.29) is 0 Å². The van der Waals surface area contributed by atoms with Crippen LogP contribution in [-0.2, 0) is 0 Å². The lowest BCUT2D eigenvalue weighted by atomic mass is 10.2. The maximum atomic E-state index is 11.5. The molecular weight excluding hydrogens is 330 g/mol. The molecule has 4 aromatic rings. The van der Waals surface area contributed by atoms with Gasteiger partial charge in [0.15, 0.2) is 6.29 Å². The maximum Gasteiger partial charge on any atom is 0.167 e. The number of fused-ring (bicyclic) bond motifs is 2. The molecule has 0 radical (unpaired) electrons. The van der Waals surface area contributed by atoms with Crippen LogP contribution in [0.4, 0.5) is 0 Å². The van der Waals surface area contributed by atoms with Crippen molar-refractivity contribution in [1.82, 2.24) is 4.40 Å². The molecular formula is C17H10BrNO2. The maximum absolute atomic E-state index is 11.5. The van der Waals surface area contributed by atoms with E-state index in [0.717, 1.165) is 32.8 Å². The van der Waals surface area contributed by atoms with Gasteiger partial charge in [0.05, 0.1) is 5.69 Å². The molecule has 0 unspecified atom stereocenters. The number of aldehydes is 1. The van der Waals surface area contributed by atoms with Gasteiger partial charge in [0.1, 0.15) is 11.3 Å². The minimum absolute atomic E-state index is 0.601. The monoisotopic (exact) mass is 339 g/mol. The Morgan fingerprint density at radius 2 is 2.00 bits per heavy atom. The molecule has 0 aliphatic heterocycles. The van der Waals surface area contributed by atoms with Gasteiger partial charge in [-0.05, 0) is 42.5 Å². The number of aromatic nitrogens is 1. The van der Waals surface area contributed by atoms with Gasteiger partial charge in [0.25, 0.3) is 0 Å². The second-order valence-electron chi connectivity index (χ2n) is 4.85. The molecule has 3 aromatic heterocycles. The standard InChI is InChI=1S/C17H10BrNO2/c18-12-4-5-16-11(7-12)8-17(21-16)14-9-13-3-1-2-6-19(13)15(14)10-20/h1-10H. The number of nitrogens with zero attached hydrogens (tertiary/aromatic N) is 1. The van der Waals surface area contributed by atoms with Gasteiger partial charge < -0.3 is 8.82 Å². The number of pyridine rings is 1. The van der Waals surface area contributed by atoms with E-state index < -0.39 is 0 Å². The van der Waals surface area contributed by atoms with Crippen molar-refractivity contribution >= 4 is 38.7 Å². The van der Waals surface area contributed by atoms with Crippen LogP contribution in [0.25, 0.3) is 27.8 Å². The van der Waals surface area contributed by atoms with Crippen LogP contribution in [0.3, 0.4) is 0 Å². The van der Waals surface area contributed by atoms with E-state index in [9.17, 15) is 4.79 Å². The fourth-order valence-corrected chi connectivity index (χ4v) is 2.99. The average Bonchev–Trinajstić information content (AvgIpc) is 3.06. The van der Waals surface area contributed by atoms with E-state index in [1.165, 1.54) is 0 Å². The zero-order chi connectivity index (χ0) is 14.4. The number of benzene rings is 1. The van der Waals surface area contributed by atoms with Crippen molar-refractivity contribution in [2.24, 2.45) is 0 Å². The van der Waals surface area contributed by atoms with Gasteiger partial charge in [-0.2, -0.15) is 0 Å². The van der Waals surface area contributed by atoms with Crippen molar-refractivity contribution in [2.45, 2.75) is 0 Å². The van der Waals surface area contributed by atoms with Crippen molar-refractivity contribution in [3.05, 3.63) is 64.9 Å². The first kappa shape index (κ1) is 12.4. The fourth-order valence-electron chi connectivity index (χ4n) is 2.61. The molecule has 21 heavy (non-hydrogen) atoms. The van der Waals surface area contributed by atoms with Crippen molar-refractivity contribution in [2.75, 3.05) is 0 Å². The lowest BCUT2D eigenvalue weighted by molar-refractivity contribution is 0.111. The number of furan rings is 1. The highest BCUT2D eigenvalue weighted by Crippen LogP contribution is 2.32. The summed E-state index contributed by atoms with van der Waals surface area (Å²) in [7, 11) is 0. The van der Waals surface area contributed by atoms with Gasteiger partial charge >= 0.3 is 0 Å². The molecule has 0 saturated carbocycles. The summed E-state index contributed by atoms with van der Waals surface area (Å²) < 4.78 is 8.75. The van der Waals surface area contributed by atoms with E-state index >= 15 is 0 Å². The van der Waals surface area contributed by atoms with E-state index in [0.29, 0.717) is 11.5 Å². The zero-order valence-corrected chi connectivity index (χ0v) is 12.5. The minimum atomic E-state index is 0.601. The predicted octanol–water partition coefficient (Wildman–Crippen LogP) is 4.93. The number of rotatable bonds is 2. The van der Waals surface area contributed by atoms with Gasteiger partial charge in [0, 0.05) is 27.1 Å². The summed E-state index contributed by atoms with van der Waals surface area (Å²) in [6.45, 7) is 0. The number of hydrogen-bond acceptors (Lipinski definition) is 2. The van der Waals surface area contributed by atoms with Crippen LogP contribution in [0.1, 0.15) is 10.5 Å². The Balaban J connectivity index is 2.01. The summed E-state index contributed by atoms with van der Waals surface area (Å²) in [5.74, 6) is 0.703. The van der Waals surface area contributed by atoms with Gasteiger partial charge in [-0.25, -0.2) is 0 Å². The zero-order valence-electron chi connectivity index (χ0n) is 10.9. The third-order valence-corrected chi connectivity index (χ3v) is 4.07. The number of carbonyl (C=O) groups excluding carboxylic acids is 1. The Bertz CT molecular complexity index is 981. The molecule has 4 heteroatoms. The molecule has 0 amide bonds. The van der Waals surface area contributed by atoms with Crippen LogP contribution < -0.4 is 0 Å². The summed E-state index contributed by atoms with van der Waals surface area (Å²) in [5, 5.41) is 1.01. The van der Waals surface area contributed by atoms with Gasteiger partial charge in [-0.1, -0.05) is 22.0 Å². The normalized spacial score (nSPS) is 11.3. The van der Waals surface area contributed by atoms with Crippen molar-refractivity contribution in [3.8, 4) is 11.3 Å². The molecule has 0 fully saturated rings. The first-order valence-corrected chi connectivity index (χ1v) is 7.30. The highest BCUT2D eigenvalue weighted by molar-refractivity contribution is 9.10. The smallest absolute Gasteiger partial charge is 0.167 e. The Morgan fingerprint density at radius 3 is 2.86 bits per heavy atom. The quantitative estimate of drug-likeness (QED) is 0.485. The Morgan fingerprint density at radius 1 is 1.10 bits per heavy atom. The van der Waals surface area contributed by atoms with Crippen LogP contribution in [0.2, 0.25) is 0 Å². The third kappa shape index (κ3) is 1.91. The van der Waals surface area contributed by atoms with Gasteiger partial charge in [-0.3, -0.25) is 4.79 Å². The van der Waals surface area contributed by atoms with Crippen LogP contribution >= 0.6 is 15.9 Å². The third-order valence-electron chi connectivity index (χ3n) is 3.57. The van der Waals surface area contributed by atoms with E-state index in [2.05, 4.69) is 15.9 Å². The lowest BCUT2D eigenvalue weighted by Crippen LogP contribution is -1.90. The van der Waals surface area contributed by atoms with Crippen LogP contribution in [0.5, 0.6) is 0 Å². The molecule has 0 aliphatic rings. The lowest BCUT2D eigenvalue weighted by Gasteiger charge is -1.96. The molecule has 3 heterocycles. The summed E-state index contributed by atoms with van der Waals surface area (Å²) >= 11 is 3.45. The largest absolute Gasteiger partial charge is 0.456 e. The average molecular weight is 340 g/mol. The van der Waals surface area contributed by atoms with E-state index in [1.54, 1.807) is 0 Å². The molecule has 0 atom stereocenters. The van der Waals surface area contributed by atoms with Gasteiger partial charge in [0.2, 0.25) is 0 Å². The van der Waals surface area contributed by atoms with Crippen LogP contribution in [0, 0.1) is 0 Å². The summed E-state index contributed by atoms with van der Waals surface area (Å²) in [6, 6.07) is 15.6. The summed E-state index contributed by atoms with van der Waals surface area (Å²) in [4.78, 5) is 11.5.